The van der Waals surface area contributed by atoms with Crippen LogP contribution in [-0.4, -0.2) is 12.6 Å². The first-order chi connectivity index (χ1) is 8.28. The quantitative estimate of drug-likeness (QED) is 0.771. The minimum Gasteiger partial charge on any atom is -0.337 e. The van der Waals surface area contributed by atoms with Crippen LogP contribution < -0.4 is 16.4 Å². The first-order valence-corrected chi connectivity index (χ1v) is 6.18. The molecule has 1 rings (SSSR count). The number of carbonyl (C=O) groups is 1. The van der Waals surface area contributed by atoms with E-state index in [0.29, 0.717) is 6.54 Å². The summed E-state index contributed by atoms with van der Waals surface area (Å²) in [4.78, 5) is 11.6. The van der Waals surface area contributed by atoms with Gasteiger partial charge < -0.3 is 16.4 Å². The summed E-state index contributed by atoms with van der Waals surface area (Å²) in [6.07, 6.45) is 0. The second-order valence-electron chi connectivity index (χ2n) is 5.78. The molecule has 0 fully saturated rings. The molecule has 18 heavy (non-hydrogen) atoms. The molecule has 4 heteroatoms. The molecule has 1 aromatic rings. The predicted molar refractivity (Wildman–Crippen MR) is 75.5 cm³/mol. The molecule has 0 aromatic heterocycles. The van der Waals surface area contributed by atoms with Gasteiger partial charge in [-0.2, -0.15) is 0 Å². The van der Waals surface area contributed by atoms with Crippen molar-refractivity contribution in [2.75, 3.05) is 11.9 Å². The van der Waals surface area contributed by atoms with Gasteiger partial charge in [0.05, 0.1) is 0 Å². The number of amides is 2. The maximum absolute atomic E-state index is 11.6. The van der Waals surface area contributed by atoms with Crippen LogP contribution in [0.3, 0.4) is 0 Å². The number of rotatable bonds is 3. The Kier molecular flexibility index (Phi) is 4.73. The second-order valence-corrected chi connectivity index (χ2v) is 5.78. The minimum absolute atomic E-state index is 0.00812. The molecular formula is C14H23N3O. The molecule has 0 spiro atoms. The number of nitrogens with two attached hydrogens (primary N) is 1. The third-order valence-electron chi connectivity index (χ3n) is 2.47. The molecule has 1 atom stereocenters. The van der Waals surface area contributed by atoms with Crippen molar-refractivity contribution in [3.8, 4) is 0 Å². The van der Waals surface area contributed by atoms with Crippen LogP contribution in [0.15, 0.2) is 24.3 Å². The molecule has 4 nitrogen and oxygen atoms in total. The topological polar surface area (TPSA) is 67.1 Å². The summed E-state index contributed by atoms with van der Waals surface area (Å²) in [6.45, 7) is 8.79. The summed E-state index contributed by atoms with van der Waals surface area (Å²) in [6, 6.07) is 7.38. The number of nitrogens with one attached hydrogen (secondary N) is 2. The zero-order valence-corrected chi connectivity index (χ0v) is 11.6. The summed E-state index contributed by atoms with van der Waals surface area (Å²) in [7, 11) is 0. The molecule has 100 valence electrons. The number of benzene rings is 1. The summed E-state index contributed by atoms with van der Waals surface area (Å²) < 4.78 is 0. The van der Waals surface area contributed by atoms with Crippen molar-refractivity contribution in [3.63, 3.8) is 0 Å². The van der Waals surface area contributed by atoms with E-state index < -0.39 is 0 Å². The average molecular weight is 249 g/mol. The van der Waals surface area contributed by atoms with E-state index in [0.717, 1.165) is 11.3 Å². The fraction of sp³-hybridized carbons (Fsp3) is 0.500. The lowest BCUT2D eigenvalue weighted by Gasteiger charge is -2.19. The molecular weight excluding hydrogens is 226 g/mol. The SMILES string of the molecule is CC(N)c1ccc(NC(=O)NCC(C)(C)C)cc1. The predicted octanol–water partition coefficient (Wildman–Crippen LogP) is 2.87. The molecule has 2 amide bonds. The second kappa shape index (κ2) is 5.87. The van der Waals surface area contributed by atoms with E-state index in [9.17, 15) is 4.79 Å². The largest absolute Gasteiger partial charge is 0.337 e. The van der Waals surface area contributed by atoms with E-state index in [1.807, 2.05) is 31.2 Å². The Morgan fingerprint density at radius 3 is 2.28 bits per heavy atom. The van der Waals surface area contributed by atoms with E-state index in [2.05, 4.69) is 31.4 Å². The van der Waals surface area contributed by atoms with Gasteiger partial charge in [-0.05, 0) is 30.0 Å². The Labute approximate surface area is 109 Å². The maximum atomic E-state index is 11.6. The van der Waals surface area contributed by atoms with Crippen LogP contribution in [-0.2, 0) is 0 Å². The summed E-state index contributed by atoms with van der Waals surface area (Å²) >= 11 is 0. The standard InChI is InChI=1S/C14H23N3O/c1-10(15)11-5-7-12(8-6-11)17-13(18)16-9-14(2,3)4/h5-8,10H,9,15H2,1-4H3,(H2,16,17,18). The fourth-order valence-corrected chi connectivity index (χ4v) is 1.39. The van der Waals surface area contributed by atoms with Crippen molar-refractivity contribution in [2.45, 2.75) is 33.7 Å². The minimum atomic E-state index is -0.182. The first kappa shape index (κ1) is 14.5. The van der Waals surface area contributed by atoms with Gasteiger partial charge in [-0.1, -0.05) is 32.9 Å². The number of anilines is 1. The van der Waals surface area contributed by atoms with Crippen LogP contribution in [0.25, 0.3) is 0 Å². The Morgan fingerprint density at radius 2 is 1.83 bits per heavy atom. The van der Waals surface area contributed by atoms with Crippen LogP contribution in [0.1, 0.15) is 39.3 Å². The van der Waals surface area contributed by atoms with E-state index in [4.69, 9.17) is 5.73 Å². The third kappa shape index (κ3) is 5.19. The van der Waals surface area contributed by atoms with Crippen LogP contribution >= 0.6 is 0 Å². The van der Waals surface area contributed by atoms with Gasteiger partial charge in [0.2, 0.25) is 0 Å². The van der Waals surface area contributed by atoms with Crippen molar-refractivity contribution in [3.05, 3.63) is 29.8 Å². The number of carbonyl (C=O) groups excluding carboxylic acids is 1. The van der Waals surface area contributed by atoms with Gasteiger partial charge >= 0.3 is 6.03 Å². The van der Waals surface area contributed by atoms with Gasteiger partial charge in [-0.15, -0.1) is 0 Å². The van der Waals surface area contributed by atoms with Crippen molar-refractivity contribution in [1.29, 1.82) is 0 Å². The zero-order chi connectivity index (χ0) is 13.8. The number of hydrogen-bond donors (Lipinski definition) is 3. The zero-order valence-electron chi connectivity index (χ0n) is 11.6. The molecule has 1 aromatic carbocycles. The van der Waals surface area contributed by atoms with Crippen molar-refractivity contribution < 1.29 is 4.79 Å². The lowest BCUT2D eigenvalue weighted by Crippen LogP contribution is -2.35. The number of urea groups is 1. The van der Waals surface area contributed by atoms with Crippen LogP contribution in [0.5, 0.6) is 0 Å². The van der Waals surface area contributed by atoms with Crippen LogP contribution in [0.2, 0.25) is 0 Å². The molecule has 1 unspecified atom stereocenters. The van der Waals surface area contributed by atoms with Gasteiger partial charge in [0.15, 0.2) is 0 Å². The molecule has 0 saturated heterocycles. The molecule has 0 saturated carbocycles. The lowest BCUT2D eigenvalue weighted by atomic mass is 9.97. The van der Waals surface area contributed by atoms with Gasteiger partial charge in [-0.25, -0.2) is 4.79 Å². The highest BCUT2D eigenvalue weighted by atomic mass is 16.2. The average Bonchev–Trinajstić information content (AvgIpc) is 2.26. The van der Waals surface area contributed by atoms with E-state index in [1.54, 1.807) is 0 Å². The molecule has 4 N–H and O–H groups in total. The normalized spacial score (nSPS) is 12.9. The molecule has 0 bridgehead atoms. The molecule has 0 heterocycles. The highest BCUT2D eigenvalue weighted by Crippen LogP contribution is 2.14. The third-order valence-corrected chi connectivity index (χ3v) is 2.47. The van der Waals surface area contributed by atoms with E-state index >= 15 is 0 Å². The summed E-state index contributed by atoms with van der Waals surface area (Å²) in [5, 5.41) is 5.62. The highest BCUT2D eigenvalue weighted by molar-refractivity contribution is 5.89. The smallest absolute Gasteiger partial charge is 0.319 e. The summed E-state index contributed by atoms with van der Waals surface area (Å²) in [5.41, 5.74) is 7.66. The Hall–Kier alpha value is -1.55. The fourth-order valence-electron chi connectivity index (χ4n) is 1.39. The lowest BCUT2D eigenvalue weighted by molar-refractivity contribution is 0.247. The molecule has 0 aliphatic carbocycles. The van der Waals surface area contributed by atoms with Crippen molar-refractivity contribution in [1.82, 2.24) is 5.32 Å². The maximum Gasteiger partial charge on any atom is 0.319 e. The van der Waals surface area contributed by atoms with Gasteiger partial charge in [0, 0.05) is 18.3 Å². The highest BCUT2D eigenvalue weighted by Gasteiger charge is 2.11. The van der Waals surface area contributed by atoms with Crippen LogP contribution in [0.4, 0.5) is 10.5 Å². The van der Waals surface area contributed by atoms with Gasteiger partial charge in [-0.3, -0.25) is 0 Å². The Bertz CT molecular complexity index is 390. The van der Waals surface area contributed by atoms with Gasteiger partial charge in [0.25, 0.3) is 0 Å². The summed E-state index contributed by atoms with van der Waals surface area (Å²) in [5.74, 6) is 0. The first-order valence-electron chi connectivity index (χ1n) is 6.18. The Morgan fingerprint density at radius 1 is 1.28 bits per heavy atom. The van der Waals surface area contributed by atoms with Crippen molar-refractivity contribution in [2.24, 2.45) is 11.1 Å². The van der Waals surface area contributed by atoms with Gasteiger partial charge in [0.1, 0.15) is 0 Å². The van der Waals surface area contributed by atoms with E-state index in [-0.39, 0.29) is 17.5 Å². The monoisotopic (exact) mass is 249 g/mol. The Balaban J connectivity index is 2.50. The molecule has 0 radical (unpaired) electrons. The molecule has 0 aliphatic heterocycles. The van der Waals surface area contributed by atoms with E-state index in [1.165, 1.54) is 0 Å². The van der Waals surface area contributed by atoms with Crippen LogP contribution in [0, 0.1) is 5.41 Å². The van der Waals surface area contributed by atoms with Crippen molar-refractivity contribution >= 4 is 11.7 Å². The molecule has 0 aliphatic rings. The number of hydrogen-bond acceptors (Lipinski definition) is 2.